The van der Waals surface area contributed by atoms with Gasteiger partial charge in [0.15, 0.2) is 0 Å². The summed E-state index contributed by atoms with van der Waals surface area (Å²) in [7, 11) is -0.915. The Balaban J connectivity index is 1.76. The third-order valence-electron chi connectivity index (χ3n) is 4.85. The standard InChI is InChI=1S/C17H21Cl2N5O4S/c1-20-17(26)22-29(27,28)24-7-3-4-10(9-24)21-16(25)14-8-11-13(23(14)2)6-5-12(18)15(11)19/h5-6,8,10H,3-4,7,9H2,1-2H3,(H,21,25)(H2,20,22,26). The van der Waals surface area contributed by atoms with Crippen LogP contribution in [0.1, 0.15) is 23.3 Å². The largest absolute Gasteiger partial charge is 0.347 e. The number of urea groups is 1. The van der Waals surface area contributed by atoms with Crippen molar-refractivity contribution in [2.24, 2.45) is 7.05 Å². The van der Waals surface area contributed by atoms with Crippen molar-refractivity contribution in [3.05, 3.63) is 33.9 Å². The van der Waals surface area contributed by atoms with Crippen molar-refractivity contribution in [1.82, 2.24) is 24.2 Å². The molecule has 1 saturated heterocycles. The number of rotatable bonds is 4. The zero-order valence-corrected chi connectivity index (χ0v) is 18.2. The average Bonchev–Trinajstić information content (AvgIpc) is 3.02. The molecule has 2 heterocycles. The molecule has 0 bridgehead atoms. The number of piperidine rings is 1. The molecule has 3 rings (SSSR count). The van der Waals surface area contributed by atoms with Gasteiger partial charge in [0, 0.05) is 44.1 Å². The highest BCUT2D eigenvalue weighted by molar-refractivity contribution is 7.87. The van der Waals surface area contributed by atoms with Crippen molar-refractivity contribution >= 4 is 56.3 Å². The molecule has 3 N–H and O–H groups in total. The minimum atomic E-state index is -3.98. The molecular weight excluding hydrogens is 441 g/mol. The molecule has 1 unspecified atom stereocenters. The number of hydrogen-bond donors (Lipinski definition) is 3. The molecule has 1 fully saturated rings. The van der Waals surface area contributed by atoms with Crippen molar-refractivity contribution in [2.45, 2.75) is 18.9 Å². The molecular formula is C17H21Cl2N5O4S. The van der Waals surface area contributed by atoms with Crippen molar-refractivity contribution < 1.29 is 18.0 Å². The second-order valence-electron chi connectivity index (χ2n) is 6.74. The Morgan fingerprint density at radius 3 is 2.66 bits per heavy atom. The number of amides is 3. The van der Waals surface area contributed by atoms with Crippen LogP contribution in [0.5, 0.6) is 0 Å². The minimum Gasteiger partial charge on any atom is -0.347 e. The number of benzene rings is 1. The third-order valence-corrected chi connectivity index (χ3v) is 7.13. The van der Waals surface area contributed by atoms with Gasteiger partial charge in [0.1, 0.15) is 5.69 Å². The van der Waals surface area contributed by atoms with Gasteiger partial charge in [-0.1, -0.05) is 23.2 Å². The van der Waals surface area contributed by atoms with Crippen LogP contribution in [0, 0.1) is 0 Å². The molecule has 3 amide bonds. The van der Waals surface area contributed by atoms with Crippen LogP contribution in [0.25, 0.3) is 10.9 Å². The lowest BCUT2D eigenvalue weighted by Crippen LogP contribution is -2.54. The van der Waals surface area contributed by atoms with Gasteiger partial charge in [-0.05, 0) is 31.0 Å². The number of hydrogen-bond acceptors (Lipinski definition) is 4. The fourth-order valence-corrected chi connectivity index (χ4v) is 4.93. The Morgan fingerprint density at radius 1 is 1.24 bits per heavy atom. The second kappa shape index (κ2) is 8.39. The molecule has 29 heavy (non-hydrogen) atoms. The second-order valence-corrected chi connectivity index (χ2v) is 9.20. The van der Waals surface area contributed by atoms with E-state index in [1.54, 1.807) is 29.8 Å². The first kappa shape index (κ1) is 21.7. The molecule has 0 saturated carbocycles. The van der Waals surface area contributed by atoms with Crippen LogP contribution in [0.2, 0.25) is 10.0 Å². The summed E-state index contributed by atoms with van der Waals surface area (Å²) in [4.78, 5) is 24.2. The number of halogens is 2. The van der Waals surface area contributed by atoms with Gasteiger partial charge < -0.3 is 15.2 Å². The Hall–Kier alpha value is -2.01. The highest BCUT2D eigenvalue weighted by Gasteiger charge is 2.31. The van der Waals surface area contributed by atoms with E-state index in [2.05, 4.69) is 10.6 Å². The summed E-state index contributed by atoms with van der Waals surface area (Å²) in [5.41, 5.74) is 1.14. The van der Waals surface area contributed by atoms with Crippen LogP contribution in [0.3, 0.4) is 0 Å². The predicted octanol–water partition coefficient (Wildman–Crippen LogP) is 1.85. The molecule has 158 valence electrons. The van der Waals surface area contributed by atoms with Crippen molar-refractivity contribution in [3.8, 4) is 0 Å². The van der Waals surface area contributed by atoms with Gasteiger partial charge >= 0.3 is 16.2 Å². The van der Waals surface area contributed by atoms with Crippen LogP contribution in [0.15, 0.2) is 18.2 Å². The Bertz CT molecular complexity index is 1070. The zero-order valence-electron chi connectivity index (χ0n) is 15.8. The Morgan fingerprint density at radius 2 is 1.97 bits per heavy atom. The van der Waals surface area contributed by atoms with Crippen molar-refractivity contribution in [1.29, 1.82) is 0 Å². The predicted molar refractivity (Wildman–Crippen MR) is 112 cm³/mol. The monoisotopic (exact) mass is 461 g/mol. The molecule has 0 radical (unpaired) electrons. The fraction of sp³-hybridized carbons (Fsp3) is 0.412. The zero-order chi connectivity index (χ0) is 21.3. The van der Waals surface area contributed by atoms with Gasteiger partial charge in [-0.25, -0.2) is 9.52 Å². The van der Waals surface area contributed by atoms with Gasteiger partial charge in [-0.15, -0.1) is 0 Å². The quantitative estimate of drug-likeness (QED) is 0.644. The maximum Gasteiger partial charge on any atom is 0.329 e. The molecule has 0 spiro atoms. The number of carbonyl (C=O) groups is 2. The molecule has 1 aliphatic heterocycles. The molecule has 1 aliphatic rings. The first-order valence-electron chi connectivity index (χ1n) is 8.88. The number of carbonyl (C=O) groups excluding carboxylic acids is 2. The molecule has 0 aliphatic carbocycles. The van der Waals surface area contributed by atoms with Crippen molar-refractivity contribution in [3.63, 3.8) is 0 Å². The number of fused-ring (bicyclic) bond motifs is 1. The maximum absolute atomic E-state index is 12.8. The smallest absolute Gasteiger partial charge is 0.329 e. The van der Waals surface area contributed by atoms with E-state index in [4.69, 9.17) is 23.2 Å². The normalized spacial score (nSPS) is 17.9. The maximum atomic E-state index is 12.8. The first-order chi connectivity index (χ1) is 13.6. The van der Waals surface area contributed by atoms with Crippen LogP contribution in [0.4, 0.5) is 4.79 Å². The van der Waals surface area contributed by atoms with Crippen LogP contribution >= 0.6 is 23.2 Å². The van der Waals surface area contributed by atoms with Gasteiger partial charge in [0.25, 0.3) is 5.91 Å². The molecule has 9 nitrogen and oxygen atoms in total. The molecule has 12 heteroatoms. The fourth-order valence-electron chi connectivity index (χ4n) is 3.34. The van der Waals surface area contributed by atoms with Gasteiger partial charge in [0.2, 0.25) is 0 Å². The number of aromatic nitrogens is 1. The molecule has 2 aromatic rings. The summed E-state index contributed by atoms with van der Waals surface area (Å²) < 4.78 is 29.4. The van der Waals surface area contributed by atoms with E-state index in [1.807, 2.05) is 4.72 Å². The average molecular weight is 462 g/mol. The van der Waals surface area contributed by atoms with Gasteiger partial charge in [-0.3, -0.25) is 4.79 Å². The minimum absolute atomic E-state index is 0.0641. The summed E-state index contributed by atoms with van der Waals surface area (Å²) in [5.74, 6) is -0.348. The number of nitrogens with zero attached hydrogens (tertiary/aromatic N) is 2. The van der Waals surface area contributed by atoms with E-state index in [0.717, 1.165) is 9.82 Å². The van der Waals surface area contributed by atoms with E-state index in [0.29, 0.717) is 34.0 Å². The molecule has 1 aromatic heterocycles. The molecule has 1 aromatic carbocycles. The summed E-state index contributed by atoms with van der Waals surface area (Å²) in [6.07, 6.45) is 1.17. The highest BCUT2D eigenvalue weighted by atomic mass is 35.5. The van der Waals surface area contributed by atoms with Crippen molar-refractivity contribution in [2.75, 3.05) is 20.1 Å². The van der Waals surface area contributed by atoms with Gasteiger partial charge in [-0.2, -0.15) is 12.7 Å². The van der Waals surface area contributed by atoms with E-state index < -0.39 is 22.3 Å². The number of nitrogens with one attached hydrogen (secondary N) is 3. The van der Waals surface area contributed by atoms with E-state index >= 15 is 0 Å². The topological polar surface area (TPSA) is 113 Å². The molecule has 1 atom stereocenters. The summed E-state index contributed by atoms with van der Waals surface area (Å²) >= 11 is 12.3. The van der Waals surface area contributed by atoms with E-state index in [1.165, 1.54) is 7.05 Å². The van der Waals surface area contributed by atoms with Gasteiger partial charge in [0.05, 0.1) is 10.0 Å². The highest BCUT2D eigenvalue weighted by Crippen LogP contribution is 2.32. The van der Waals surface area contributed by atoms with Crippen LogP contribution < -0.4 is 15.4 Å². The number of aryl methyl sites for hydroxylation is 1. The summed E-state index contributed by atoms with van der Waals surface area (Å²) in [6.45, 7) is 0.329. The SMILES string of the molecule is CNC(=O)NS(=O)(=O)N1CCCC(NC(=O)c2cc3c(Cl)c(Cl)ccc3n2C)C1. The van der Waals surface area contributed by atoms with Crippen LogP contribution in [-0.4, -0.2) is 55.4 Å². The lowest BCUT2D eigenvalue weighted by molar-refractivity contribution is 0.0913. The Kier molecular flexibility index (Phi) is 6.27. The third kappa shape index (κ3) is 4.45. The van der Waals surface area contributed by atoms with E-state index in [9.17, 15) is 18.0 Å². The first-order valence-corrected chi connectivity index (χ1v) is 11.1. The van der Waals surface area contributed by atoms with E-state index in [-0.39, 0.29) is 19.0 Å². The Labute approximate surface area is 178 Å². The van der Waals surface area contributed by atoms with Crippen LogP contribution in [-0.2, 0) is 17.3 Å². The lowest BCUT2D eigenvalue weighted by Gasteiger charge is -2.32. The summed E-state index contributed by atoms with van der Waals surface area (Å²) in [5, 5.41) is 6.50. The summed E-state index contributed by atoms with van der Waals surface area (Å²) in [6, 6.07) is 3.89. The lowest BCUT2D eigenvalue weighted by atomic mass is 10.1.